The molecule has 0 saturated heterocycles. The van der Waals surface area contributed by atoms with Crippen LogP contribution in [0.3, 0.4) is 0 Å². The Hall–Kier alpha value is -8.35. The fraction of sp³-hybridized carbons (Fsp3) is 0.0351. The lowest BCUT2D eigenvalue weighted by molar-refractivity contribution is 1.07. The minimum absolute atomic E-state index is 0.566. The second-order valence-corrected chi connectivity index (χ2v) is 15.9. The zero-order valence-corrected chi connectivity index (χ0v) is 34.8. The molecule has 0 atom stereocenters. The second-order valence-electron chi connectivity index (χ2n) is 15.9. The van der Waals surface area contributed by atoms with Crippen LogP contribution in [0.2, 0.25) is 0 Å². The molecule has 3 heterocycles. The van der Waals surface area contributed by atoms with E-state index in [1.165, 1.54) is 33.0 Å². The van der Waals surface area contributed by atoms with Crippen LogP contribution in [0.5, 0.6) is 0 Å². The maximum absolute atomic E-state index is 5.39. The van der Waals surface area contributed by atoms with Gasteiger partial charge in [0.15, 0.2) is 23.3 Å². The lowest BCUT2D eigenvalue weighted by atomic mass is 9.97. The van der Waals surface area contributed by atoms with E-state index >= 15 is 0 Å². The van der Waals surface area contributed by atoms with Gasteiger partial charge in [-0.2, -0.15) is 0 Å². The van der Waals surface area contributed by atoms with Gasteiger partial charge in [-0.3, -0.25) is 0 Å². The van der Waals surface area contributed by atoms with Crippen molar-refractivity contribution in [3.63, 3.8) is 0 Å². The van der Waals surface area contributed by atoms with Crippen LogP contribution in [0.4, 0.5) is 0 Å². The topological polar surface area (TPSA) is 69.4 Å². The molecule has 0 radical (unpaired) electrons. The highest BCUT2D eigenvalue weighted by molar-refractivity contribution is 6.11. The molecule has 6 nitrogen and oxygen atoms in total. The molecule has 11 aromatic rings. The molecule has 0 saturated carbocycles. The summed E-state index contributed by atoms with van der Waals surface area (Å²) in [5, 5.41) is 2.34. The highest BCUT2D eigenvalue weighted by atomic mass is 15.0. The number of hydrogen-bond acceptors (Lipinski definition) is 5. The van der Waals surface area contributed by atoms with E-state index in [1.54, 1.807) is 0 Å². The first-order valence-electron chi connectivity index (χ1n) is 21.2. The summed E-state index contributed by atoms with van der Waals surface area (Å²) in [7, 11) is 0. The Bertz CT molecular complexity index is 3340. The third-order valence-electron chi connectivity index (χ3n) is 11.7. The normalized spacial score (nSPS) is 11.3. The predicted molar refractivity (Wildman–Crippen MR) is 257 cm³/mol. The molecule has 0 aliphatic heterocycles. The van der Waals surface area contributed by atoms with Gasteiger partial charge in [-0.1, -0.05) is 169 Å². The molecule has 0 unspecified atom stereocenters. The van der Waals surface area contributed by atoms with Crippen LogP contribution in [0.15, 0.2) is 206 Å². The van der Waals surface area contributed by atoms with E-state index in [1.807, 2.05) is 97.1 Å². The molecule has 0 spiro atoms. The third-order valence-corrected chi connectivity index (χ3v) is 11.7. The Morgan fingerprint density at radius 2 is 0.825 bits per heavy atom. The average molecular weight is 809 g/mol. The van der Waals surface area contributed by atoms with Crippen LogP contribution in [-0.2, 0) is 0 Å². The summed E-state index contributed by atoms with van der Waals surface area (Å²) in [5.74, 6) is 2.41. The summed E-state index contributed by atoms with van der Waals surface area (Å²) in [6.07, 6.45) is 0. The lowest BCUT2D eigenvalue weighted by Crippen LogP contribution is -2.03. The molecule has 0 N–H and O–H groups in total. The van der Waals surface area contributed by atoms with Gasteiger partial charge in [0.1, 0.15) is 0 Å². The van der Waals surface area contributed by atoms with Gasteiger partial charge in [-0.15, -0.1) is 0 Å². The van der Waals surface area contributed by atoms with Gasteiger partial charge >= 0.3 is 0 Å². The van der Waals surface area contributed by atoms with Crippen LogP contribution in [0.1, 0.15) is 11.1 Å². The summed E-state index contributed by atoms with van der Waals surface area (Å²) in [5.41, 5.74) is 15.2. The summed E-state index contributed by atoms with van der Waals surface area (Å²) in [6, 6.07) is 71.5. The number of nitrogens with zero attached hydrogens (tertiary/aromatic N) is 6. The smallest absolute Gasteiger partial charge is 0.164 e. The number of benzene rings is 8. The summed E-state index contributed by atoms with van der Waals surface area (Å²) in [4.78, 5) is 25.8. The Balaban J connectivity index is 1.19. The summed E-state index contributed by atoms with van der Waals surface area (Å²) < 4.78 is 2.38. The molecule has 63 heavy (non-hydrogen) atoms. The highest BCUT2D eigenvalue weighted by Gasteiger charge is 2.21. The van der Waals surface area contributed by atoms with E-state index in [0.717, 1.165) is 61.5 Å². The summed E-state index contributed by atoms with van der Waals surface area (Å²) >= 11 is 0. The van der Waals surface area contributed by atoms with Gasteiger partial charge < -0.3 is 4.57 Å². The first-order chi connectivity index (χ1) is 31.0. The molecular formula is C57H40N6. The second kappa shape index (κ2) is 15.9. The number of hydrogen-bond donors (Lipinski definition) is 0. The van der Waals surface area contributed by atoms with Crippen molar-refractivity contribution in [2.24, 2.45) is 0 Å². The minimum atomic E-state index is 0.566. The molecule has 0 bridgehead atoms. The van der Waals surface area contributed by atoms with Gasteiger partial charge in [-0.25, -0.2) is 24.9 Å². The van der Waals surface area contributed by atoms with E-state index in [9.17, 15) is 0 Å². The third kappa shape index (κ3) is 7.13. The van der Waals surface area contributed by atoms with Crippen LogP contribution in [0.25, 0.3) is 107 Å². The molecule has 0 aliphatic carbocycles. The molecule has 11 rings (SSSR count). The van der Waals surface area contributed by atoms with Crippen molar-refractivity contribution >= 4 is 21.8 Å². The van der Waals surface area contributed by atoms with Crippen molar-refractivity contribution in [2.75, 3.05) is 0 Å². The summed E-state index contributed by atoms with van der Waals surface area (Å²) in [6.45, 7) is 4.34. The molecule has 0 aliphatic rings. The maximum atomic E-state index is 5.39. The quantitative estimate of drug-likeness (QED) is 0.153. The van der Waals surface area contributed by atoms with E-state index in [-0.39, 0.29) is 0 Å². The SMILES string of the molecule is Cc1ccc(-c2ccc3c(c2)c2ccccc2n3-c2ccc(-c3nc(-c4ccccc4)nc(-c4ccccc4)n3)cc2-c2cc(-c3ccccc3)nc(-c3ccccc3)n2)c(C)c1. The largest absolute Gasteiger partial charge is 0.309 e. The van der Waals surface area contributed by atoms with Gasteiger partial charge in [0.25, 0.3) is 0 Å². The monoisotopic (exact) mass is 808 g/mol. The van der Waals surface area contributed by atoms with Crippen molar-refractivity contribution in [3.8, 4) is 84.9 Å². The zero-order chi connectivity index (χ0) is 42.3. The molecule has 8 aromatic carbocycles. The first kappa shape index (κ1) is 37.6. The first-order valence-corrected chi connectivity index (χ1v) is 21.2. The van der Waals surface area contributed by atoms with Crippen LogP contribution in [-0.4, -0.2) is 29.5 Å². The fourth-order valence-electron chi connectivity index (χ4n) is 8.61. The van der Waals surface area contributed by atoms with E-state index in [0.29, 0.717) is 23.3 Å². The fourth-order valence-corrected chi connectivity index (χ4v) is 8.61. The molecule has 298 valence electrons. The van der Waals surface area contributed by atoms with Gasteiger partial charge in [-0.05, 0) is 73.0 Å². The van der Waals surface area contributed by atoms with Crippen molar-refractivity contribution in [1.82, 2.24) is 29.5 Å². The molecule has 0 amide bonds. The number of fused-ring (bicyclic) bond motifs is 3. The number of rotatable bonds is 8. The van der Waals surface area contributed by atoms with Gasteiger partial charge in [0, 0.05) is 44.2 Å². The Morgan fingerprint density at radius 1 is 0.317 bits per heavy atom. The molecule has 3 aromatic heterocycles. The van der Waals surface area contributed by atoms with Crippen molar-refractivity contribution in [2.45, 2.75) is 13.8 Å². The lowest BCUT2D eigenvalue weighted by Gasteiger charge is -2.17. The molecule has 6 heteroatoms. The average Bonchev–Trinajstić information content (AvgIpc) is 3.68. The molecule has 0 fully saturated rings. The number of para-hydroxylation sites is 1. The van der Waals surface area contributed by atoms with E-state index < -0.39 is 0 Å². The Morgan fingerprint density at radius 3 is 1.44 bits per heavy atom. The van der Waals surface area contributed by atoms with Gasteiger partial charge in [0.2, 0.25) is 0 Å². The van der Waals surface area contributed by atoms with Crippen LogP contribution >= 0.6 is 0 Å². The van der Waals surface area contributed by atoms with E-state index in [2.05, 4.69) is 128 Å². The van der Waals surface area contributed by atoms with Crippen LogP contribution in [0, 0.1) is 13.8 Å². The Labute approximate surface area is 365 Å². The number of aryl methyl sites for hydroxylation is 2. The standard InChI is InChI=1S/C57H40N6/c1-37-27-30-45(38(2)33-37)43-28-31-52-47(34-43)46-25-15-16-26-51(46)63(52)53-32-29-44(57-61-55(41-21-11-5-12-22-41)60-56(62-57)42-23-13-6-14-24-42)35-48(53)50-36-49(39-17-7-3-8-18-39)58-54(59-50)40-19-9-4-10-20-40/h3-36H,1-2H3. The van der Waals surface area contributed by atoms with Gasteiger partial charge in [0.05, 0.1) is 28.1 Å². The Kier molecular flexibility index (Phi) is 9.51. The van der Waals surface area contributed by atoms with Crippen molar-refractivity contribution < 1.29 is 0 Å². The minimum Gasteiger partial charge on any atom is -0.309 e. The van der Waals surface area contributed by atoms with Crippen LogP contribution < -0.4 is 0 Å². The number of aromatic nitrogens is 6. The van der Waals surface area contributed by atoms with E-state index in [4.69, 9.17) is 24.9 Å². The predicted octanol–water partition coefficient (Wildman–Crippen LogP) is 14.0. The maximum Gasteiger partial charge on any atom is 0.164 e. The highest BCUT2D eigenvalue weighted by Crippen LogP contribution is 2.40. The molecular weight excluding hydrogens is 769 g/mol. The van der Waals surface area contributed by atoms with Crippen molar-refractivity contribution in [1.29, 1.82) is 0 Å². The zero-order valence-electron chi connectivity index (χ0n) is 34.8. The van der Waals surface area contributed by atoms with Crippen molar-refractivity contribution in [3.05, 3.63) is 217 Å².